The third-order valence-electron chi connectivity index (χ3n) is 2.60. The van der Waals surface area contributed by atoms with Gasteiger partial charge in [-0.1, -0.05) is 30.3 Å². The number of hydrogen-bond acceptors (Lipinski definition) is 3. The van der Waals surface area contributed by atoms with E-state index in [0.717, 1.165) is 5.56 Å². The third-order valence-corrected chi connectivity index (χ3v) is 2.60. The molecule has 0 spiro atoms. The summed E-state index contributed by atoms with van der Waals surface area (Å²) in [6.07, 6.45) is -4.40. The molecule has 112 valence electrons. The van der Waals surface area contributed by atoms with Crippen LogP contribution >= 0.6 is 0 Å². The second-order valence-electron chi connectivity index (χ2n) is 4.38. The predicted octanol–water partition coefficient (Wildman–Crippen LogP) is 3.79. The Labute approximate surface area is 120 Å². The van der Waals surface area contributed by atoms with Gasteiger partial charge >= 0.3 is 6.18 Å². The maximum Gasteiger partial charge on any atom is 0.422 e. The summed E-state index contributed by atoms with van der Waals surface area (Å²) in [6.45, 7) is -1.16. The number of nitrogens with two attached hydrogens (primary N) is 1. The van der Waals surface area contributed by atoms with Crippen LogP contribution in [-0.2, 0) is 6.61 Å². The topological polar surface area (TPSA) is 44.5 Å². The molecular formula is C15H14F3NO2. The standard InChI is InChI=1S/C15H14F3NO2/c16-15(17,18)10-21-13-7-6-12(19)8-14(13)20-9-11-4-2-1-3-5-11/h1-8H,9-10,19H2. The van der Waals surface area contributed by atoms with Crippen LogP contribution in [-0.4, -0.2) is 12.8 Å². The molecule has 2 aromatic rings. The van der Waals surface area contributed by atoms with E-state index in [1.54, 1.807) is 0 Å². The van der Waals surface area contributed by atoms with E-state index in [4.69, 9.17) is 15.2 Å². The summed E-state index contributed by atoms with van der Waals surface area (Å²) in [5, 5.41) is 0. The van der Waals surface area contributed by atoms with E-state index in [9.17, 15) is 13.2 Å². The molecule has 3 nitrogen and oxygen atoms in total. The van der Waals surface area contributed by atoms with Gasteiger partial charge in [0.2, 0.25) is 0 Å². The molecule has 0 bridgehead atoms. The maximum absolute atomic E-state index is 12.2. The summed E-state index contributed by atoms with van der Waals surface area (Å²) in [7, 11) is 0. The van der Waals surface area contributed by atoms with Crippen molar-refractivity contribution in [3.05, 3.63) is 54.1 Å². The molecule has 0 heterocycles. The fourth-order valence-electron chi connectivity index (χ4n) is 1.65. The number of anilines is 1. The smallest absolute Gasteiger partial charge is 0.422 e. The summed E-state index contributed by atoms with van der Waals surface area (Å²) < 4.78 is 46.9. The molecule has 2 N–H and O–H groups in total. The molecule has 0 aliphatic heterocycles. The van der Waals surface area contributed by atoms with Crippen LogP contribution in [0.5, 0.6) is 11.5 Å². The van der Waals surface area contributed by atoms with E-state index in [1.807, 2.05) is 30.3 Å². The quantitative estimate of drug-likeness (QED) is 0.854. The molecule has 2 aromatic carbocycles. The minimum atomic E-state index is -4.40. The number of nitrogen functional groups attached to an aromatic ring is 1. The number of halogens is 3. The van der Waals surface area contributed by atoms with Gasteiger partial charge in [-0.25, -0.2) is 0 Å². The fourth-order valence-corrected chi connectivity index (χ4v) is 1.65. The van der Waals surface area contributed by atoms with Crippen molar-refractivity contribution in [1.29, 1.82) is 0 Å². The number of alkyl halides is 3. The lowest BCUT2D eigenvalue weighted by Crippen LogP contribution is -2.19. The highest BCUT2D eigenvalue weighted by Gasteiger charge is 2.29. The van der Waals surface area contributed by atoms with Gasteiger partial charge in [-0.3, -0.25) is 0 Å². The lowest BCUT2D eigenvalue weighted by atomic mass is 10.2. The highest BCUT2D eigenvalue weighted by Crippen LogP contribution is 2.31. The van der Waals surface area contributed by atoms with E-state index >= 15 is 0 Å². The van der Waals surface area contributed by atoms with Crippen LogP contribution in [0.3, 0.4) is 0 Å². The molecule has 0 saturated heterocycles. The Hall–Kier alpha value is -2.37. The van der Waals surface area contributed by atoms with Gasteiger partial charge in [0.15, 0.2) is 18.1 Å². The Bertz CT molecular complexity index is 585. The highest BCUT2D eigenvalue weighted by atomic mass is 19.4. The average Bonchev–Trinajstić information content (AvgIpc) is 2.44. The van der Waals surface area contributed by atoms with Gasteiger partial charge in [-0.05, 0) is 17.7 Å². The highest BCUT2D eigenvalue weighted by molar-refractivity contribution is 5.52. The van der Waals surface area contributed by atoms with Crippen molar-refractivity contribution in [2.75, 3.05) is 12.3 Å². The molecule has 0 fully saturated rings. The van der Waals surface area contributed by atoms with Crippen LogP contribution < -0.4 is 15.2 Å². The molecule has 0 aliphatic carbocycles. The normalized spacial score (nSPS) is 11.2. The zero-order chi connectivity index (χ0) is 15.3. The lowest BCUT2D eigenvalue weighted by molar-refractivity contribution is -0.153. The molecule has 0 radical (unpaired) electrons. The second-order valence-corrected chi connectivity index (χ2v) is 4.38. The Morgan fingerprint density at radius 3 is 2.29 bits per heavy atom. The van der Waals surface area contributed by atoms with Crippen molar-refractivity contribution in [1.82, 2.24) is 0 Å². The summed E-state index contributed by atoms with van der Waals surface area (Å²) in [5.74, 6) is 0.195. The first-order chi connectivity index (χ1) is 9.94. The monoisotopic (exact) mass is 297 g/mol. The first kappa shape index (κ1) is 15.0. The van der Waals surface area contributed by atoms with Gasteiger partial charge in [-0.2, -0.15) is 13.2 Å². The van der Waals surface area contributed by atoms with Crippen molar-refractivity contribution in [2.24, 2.45) is 0 Å². The Balaban J connectivity index is 2.08. The molecule has 21 heavy (non-hydrogen) atoms. The van der Waals surface area contributed by atoms with E-state index in [0.29, 0.717) is 5.69 Å². The van der Waals surface area contributed by atoms with Gasteiger partial charge in [-0.15, -0.1) is 0 Å². The number of benzene rings is 2. The average molecular weight is 297 g/mol. The third kappa shape index (κ3) is 4.91. The van der Waals surface area contributed by atoms with E-state index in [2.05, 4.69) is 0 Å². The number of hydrogen-bond donors (Lipinski definition) is 1. The van der Waals surface area contributed by atoms with Gasteiger partial charge in [0.1, 0.15) is 6.61 Å². The second kappa shape index (κ2) is 6.39. The molecular weight excluding hydrogens is 283 g/mol. The summed E-state index contributed by atoms with van der Waals surface area (Å²) in [6, 6.07) is 13.5. The minimum absolute atomic E-state index is 0.0115. The Kier molecular flexibility index (Phi) is 4.57. The summed E-state index contributed by atoms with van der Waals surface area (Å²) in [5.41, 5.74) is 6.90. The van der Waals surface area contributed by atoms with E-state index < -0.39 is 12.8 Å². The molecule has 0 atom stereocenters. The fraction of sp³-hybridized carbons (Fsp3) is 0.200. The van der Waals surface area contributed by atoms with Crippen LogP contribution in [0.15, 0.2) is 48.5 Å². The van der Waals surface area contributed by atoms with Crippen LogP contribution in [0, 0.1) is 0 Å². The SMILES string of the molecule is Nc1ccc(OCC(F)(F)F)c(OCc2ccccc2)c1. The number of rotatable bonds is 5. The first-order valence-electron chi connectivity index (χ1n) is 6.20. The minimum Gasteiger partial charge on any atom is -0.485 e. The molecule has 0 unspecified atom stereocenters. The van der Waals surface area contributed by atoms with Crippen molar-refractivity contribution in [3.63, 3.8) is 0 Å². The van der Waals surface area contributed by atoms with Crippen molar-refractivity contribution >= 4 is 5.69 Å². The van der Waals surface area contributed by atoms with Crippen molar-refractivity contribution in [3.8, 4) is 11.5 Å². The van der Waals surface area contributed by atoms with Crippen molar-refractivity contribution in [2.45, 2.75) is 12.8 Å². The van der Waals surface area contributed by atoms with Crippen LogP contribution in [0.4, 0.5) is 18.9 Å². The maximum atomic E-state index is 12.2. The van der Waals surface area contributed by atoms with Gasteiger partial charge < -0.3 is 15.2 Å². The predicted molar refractivity (Wildman–Crippen MR) is 73.2 cm³/mol. The summed E-state index contributed by atoms with van der Waals surface area (Å²) in [4.78, 5) is 0. The largest absolute Gasteiger partial charge is 0.485 e. The Morgan fingerprint density at radius 2 is 1.62 bits per heavy atom. The van der Waals surface area contributed by atoms with Crippen LogP contribution in [0.1, 0.15) is 5.56 Å². The van der Waals surface area contributed by atoms with Crippen LogP contribution in [0.25, 0.3) is 0 Å². The van der Waals surface area contributed by atoms with Gasteiger partial charge in [0, 0.05) is 11.8 Å². The van der Waals surface area contributed by atoms with Crippen LogP contribution in [0.2, 0.25) is 0 Å². The molecule has 0 amide bonds. The summed E-state index contributed by atoms with van der Waals surface area (Å²) >= 11 is 0. The number of ether oxygens (including phenoxy) is 2. The van der Waals surface area contributed by atoms with E-state index in [1.165, 1.54) is 18.2 Å². The molecule has 0 aromatic heterocycles. The zero-order valence-electron chi connectivity index (χ0n) is 11.1. The van der Waals surface area contributed by atoms with Gasteiger partial charge in [0.05, 0.1) is 0 Å². The van der Waals surface area contributed by atoms with E-state index in [-0.39, 0.29) is 18.1 Å². The lowest BCUT2D eigenvalue weighted by Gasteiger charge is -2.14. The molecule has 2 rings (SSSR count). The van der Waals surface area contributed by atoms with Gasteiger partial charge in [0.25, 0.3) is 0 Å². The first-order valence-corrected chi connectivity index (χ1v) is 6.20. The Morgan fingerprint density at radius 1 is 0.905 bits per heavy atom. The molecule has 0 saturated carbocycles. The molecule has 6 heteroatoms. The van der Waals surface area contributed by atoms with Crippen molar-refractivity contribution < 1.29 is 22.6 Å². The molecule has 0 aliphatic rings. The zero-order valence-corrected chi connectivity index (χ0v) is 11.1.